The third kappa shape index (κ3) is 3.93. The van der Waals surface area contributed by atoms with E-state index in [1.54, 1.807) is 11.1 Å². The number of carbonyl (C=O) groups is 2. The molecule has 4 rings (SSSR count). The third-order valence-electron chi connectivity index (χ3n) is 6.20. The smallest absolute Gasteiger partial charge is 0.226 e. The summed E-state index contributed by atoms with van der Waals surface area (Å²) in [6.45, 7) is 2.04. The maximum atomic E-state index is 12.9. The summed E-state index contributed by atoms with van der Waals surface area (Å²) in [7, 11) is 1.85. The van der Waals surface area contributed by atoms with Crippen molar-refractivity contribution in [2.24, 2.45) is 11.3 Å². The van der Waals surface area contributed by atoms with Crippen LogP contribution >= 0.6 is 0 Å². The summed E-state index contributed by atoms with van der Waals surface area (Å²) in [6, 6.07) is 15.9. The zero-order valence-electron chi connectivity index (χ0n) is 16.4. The van der Waals surface area contributed by atoms with Gasteiger partial charge in [0.1, 0.15) is 0 Å². The Hall–Kier alpha value is -2.69. The molecule has 2 heterocycles. The van der Waals surface area contributed by atoms with Crippen molar-refractivity contribution in [1.82, 2.24) is 14.8 Å². The molecule has 1 spiro atoms. The van der Waals surface area contributed by atoms with Gasteiger partial charge < -0.3 is 9.80 Å². The minimum Gasteiger partial charge on any atom is -0.342 e. The molecule has 0 unspecified atom stereocenters. The molecule has 28 heavy (non-hydrogen) atoms. The fraction of sp³-hybridized carbons (Fsp3) is 0.435. The number of pyridine rings is 1. The second-order valence-corrected chi connectivity index (χ2v) is 8.19. The molecular weight excluding hydrogens is 350 g/mol. The molecule has 1 aliphatic carbocycles. The molecule has 0 radical (unpaired) electrons. The van der Waals surface area contributed by atoms with Gasteiger partial charge >= 0.3 is 0 Å². The van der Waals surface area contributed by atoms with Crippen LogP contribution in [0.1, 0.15) is 30.5 Å². The number of likely N-dealkylation sites (tertiary alicyclic amines) is 1. The van der Waals surface area contributed by atoms with E-state index in [4.69, 9.17) is 0 Å². The fourth-order valence-electron chi connectivity index (χ4n) is 4.39. The number of hydrogen-bond acceptors (Lipinski definition) is 3. The summed E-state index contributed by atoms with van der Waals surface area (Å²) < 4.78 is 0. The van der Waals surface area contributed by atoms with Crippen LogP contribution in [0.25, 0.3) is 0 Å². The number of aryl methyl sites for hydroxylation is 1. The van der Waals surface area contributed by atoms with E-state index in [1.165, 1.54) is 5.56 Å². The van der Waals surface area contributed by atoms with Crippen molar-refractivity contribution in [3.8, 4) is 0 Å². The van der Waals surface area contributed by atoms with Crippen molar-refractivity contribution in [2.75, 3.05) is 20.1 Å². The molecule has 1 aliphatic heterocycles. The van der Waals surface area contributed by atoms with Crippen LogP contribution in [0.4, 0.5) is 0 Å². The van der Waals surface area contributed by atoms with Crippen LogP contribution in [0.3, 0.4) is 0 Å². The van der Waals surface area contributed by atoms with Gasteiger partial charge in [0.15, 0.2) is 0 Å². The summed E-state index contributed by atoms with van der Waals surface area (Å²) in [5.74, 6) is 0.443. The number of hydrogen-bond donors (Lipinski definition) is 0. The number of amides is 2. The van der Waals surface area contributed by atoms with E-state index in [2.05, 4.69) is 17.1 Å². The molecule has 2 atom stereocenters. The van der Waals surface area contributed by atoms with E-state index in [0.29, 0.717) is 13.0 Å². The average molecular weight is 377 g/mol. The first kappa shape index (κ1) is 18.7. The maximum Gasteiger partial charge on any atom is 0.226 e. The highest BCUT2D eigenvalue weighted by Crippen LogP contribution is 2.59. The van der Waals surface area contributed by atoms with Crippen LogP contribution in [-0.4, -0.2) is 46.7 Å². The van der Waals surface area contributed by atoms with Gasteiger partial charge in [0.2, 0.25) is 11.8 Å². The van der Waals surface area contributed by atoms with Crippen LogP contribution in [-0.2, 0) is 22.6 Å². The van der Waals surface area contributed by atoms with Crippen molar-refractivity contribution >= 4 is 11.8 Å². The monoisotopic (exact) mass is 377 g/mol. The van der Waals surface area contributed by atoms with Crippen LogP contribution in [0.2, 0.25) is 0 Å². The topological polar surface area (TPSA) is 53.5 Å². The van der Waals surface area contributed by atoms with Crippen LogP contribution < -0.4 is 0 Å². The van der Waals surface area contributed by atoms with E-state index in [9.17, 15) is 9.59 Å². The number of aromatic nitrogens is 1. The zero-order chi connectivity index (χ0) is 19.6. The van der Waals surface area contributed by atoms with Gasteiger partial charge in [0.05, 0.1) is 12.2 Å². The molecule has 2 aromatic rings. The maximum absolute atomic E-state index is 12.9. The number of carbonyl (C=O) groups excluding carboxylic acids is 2. The molecular formula is C23H27N3O2. The van der Waals surface area contributed by atoms with Crippen LogP contribution in [0.15, 0.2) is 54.7 Å². The standard InChI is InChI=1S/C23H27N3O2/c1-25(16-19-9-5-6-13-24-19)22(28)20-15-23(20)12-14-26(17-23)21(27)11-10-18-7-3-2-4-8-18/h2-9,13,20H,10-12,14-17H2,1H3/t20-,23+/m1/s1. The van der Waals surface area contributed by atoms with E-state index in [0.717, 1.165) is 38.0 Å². The quantitative estimate of drug-likeness (QED) is 0.778. The molecule has 5 heteroatoms. The molecule has 0 N–H and O–H groups in total. The summed E-state index contributed by atoms with van der Waals surface area (Å²) >= 11 is 0. The molecule has 1 saturated carbocycles. The first-order valence-electron chi connectivity index (χ1n) is 10.0. The SMILES string of the molecule is CN(Cc1ccccn1)C(=O)[C@H]1C[C@]12CCN(C(=O)CCc1ccccc1)C2. The number of benzene rings is 1. The van der Waals surface area contributed by atoms with Crippen molar-refractivity contribution in [3.05, 3.63) is 66.0 Å². The first-order chi connectivity index (χ1) is 13.6. The summed E-state index contributed by atoms with van der Waals surface area (Å²) in [5.41, 5.74) is 2.11. The molecule has 1 aromatic carbocycles. The lowest BCUT2D eigenvalue weighted by Crippen LogP contribution is -2.32. The predicted molar refractivity (Wildman–Crippen MR) is 107 cm³/mol. The van der Waals surface area contributed by atoms with Gasteiger partial charge in [-0.05, 0) is 37.0 Å². The lowest BCUT2D eigenvalue weighted by atomic mass is 10.0. The highest BCUT2D eigenvalue weighted by Gasteiger charge is 2.61. The normalized spacial score (nSPS) is 23.0. The Labute approximate surface area is 166 Å². The van der Waals surface area contributed by atoms with E-state index < -0.39 is 0 Å². The van der Waals surface area contributed by atoms with Gasteiger partial charge in [-0.15, -0.1) is 0 Å². The lowest BCUT2D eigenvalue weighted by molar-refractivity contribution is -0.133. The highest BCUT2D eigenvalue weighted by molar-refractivity contribution is 5.83. The fourth-order valence-corrected chi connectivity index (χ4v) is 4.39. The second kappa shape index (κ2) is 7.74. The Morgan fingerprint density at radius 2 is 1.96 bits per heavy atom. The second-order valence-electron chi connectivity index (χ2n) is 8.19. The van der Waals surface area contributed by atoms with E-state index in [1.807, 2.05) is 48.3 Å². The molecule has 146 valence electrons. The van der Waals surface area contributed by atoms with Crippen LogP contribution in [0.5, 0.6) is 0 Å². The van der Waals surface area contributed by atoms with Gasteiger partial charge in [0, 0.05) is 44.1 Å². The Morgan fingerprint density at radius 3 is 2.71 bits per heavy atom. The highest BCUT2D eigenvalue weighted by atomic mass is 16.2. The molecule has 2 fully saturated rings. The van der Waals surface area contributed by atoms with Crippen LogP contribution in [0, 0.1) is 11.3 Å². The molecule has 1 saturated heterocycles. The largest absolute Gasteiger partial charge is 0.342 e. The van der Waals surface area contributed by atoms with Crippen molar-refractivity contribution in [2.45, 2.75) is 32.2 Å². The summed E-state index contributed by atoms with van der Waals surface area (Å²) in [6.07, 6.45) is 4.91. The van der Waals surface area contributed by atoms with Gasteiger partial charge in [-0.2, -0.15) is 0 Å². The van der Waals surface area contributed by atoms with Gasteiger partial charge in [-0.25, -0.2) is 0 Å². The molecule has 5 nitrogen and oxygen atoms in total. The average Bonchev–Trinajstić information content (AvgIpc) is 3.26. The van der Waals surface area contributed by atoms with Crippen molar-refractivity contribution < 1.29 is 9.59 Å². The molecule has 2 aliphatic rings. The van der Waals surface area contributed by atoms with Crippen molar-refractivity contribution in [1.29, 1.82) is 0 Å². The lowest BCUT2D eigenvalue weighted by Gasteiger charge is -2.19. The zero-order valence-corrected chi connectivity index (χ0v) is 16.4. The Bertz CT molecular complexity index is 839. The molecule has 2 amide bonds. The minimum absolute atomic E-state index is 0.0118. The Kier molecular flexibility index (Phi) is 5.16. The minimum atomic E-state index is 0.0118. The Balaban J connectivity index is 1.28. The van der Waals surface area contributed by atoms with Crippen molar-refractivity contribution in [3.63, 3.8) is 0 Å². The van der Waals surface area contributed by atoms with E-state index in [-0.39, 0.29) is 23.1 Å². The first-order valence-corrected chi connectivity index (χ1v) is 10.0. The molecule has 1 aromatic heterocycles. The van der Waals surface area contributed by atoms with Gasteiger partial charge in [0.25, 0.3) is 0 Å². The molecule has 0 bridgehead atoms. The summed E-state index contributed by atoms with van der Waals surface area (Å²) in [5, 5.41) is 0. The number of nitrogens with zero attached hydrogens (tertiary/aromatic N) is 3. The summed E-state index contributed by atoms with van der Waals surface area (Å²) in [4.78, 5) is 33.5. The van der Waals surface area contributed by atoms with Gasteiger partial charge in [-0.1, -0.05) is 36.4 Å². The van der Waals surface area contributed by atoms with E-state index >= 15 is 0 Å². The third-order valence-corrected chi connectivity index (χ3v) is 6.20. The number of rotatable bonds is 6. The predicted octanol–water partition coefficient (Wildman–Crippen LogP) is 2.91. The van der Waals surface area contributed by atoms with Gasteiger partial charge in [-0.3, -0.25) is 14.6 Å². The Morgan fingerprint density at radius 1 is 1.18 bits per heavy atom.